The zero-order valence-electron chi connectivity index (χ0n) is 10.1. The second-order valence-corrected chi connectivity index (χ2v) is 3.95. The lowest BCUT2D eigenvalue weighted by Crippen LogP contribution is -2.27. The van der Waals surface area contributed by atoms with Crippen molar-refractivity contribution in [2.45, 2.75) is 20.8 Å². The molecule has 0 bridgehead atoms. The van der Waals surface area contributed by atoms with Gasteiger partial charge in [-0.3, -0.25) is 4.79 Å². The van der Waals surface area contributed by atoms with Gasteiger partial charge in [0.2, 0.25) is 5.91 Å². The minimum atomic E-state index is -0.0552. The molecule has 16 heavy (non-hydrogen) atoms. The number of hydrogen-bond acceptors (Lipinski definition) is 2. The first kappa shape index (κ1) is 12.3. The van der Waals surface area contributed by atoms with Gasteiger partial charge in [0.15, 0.2) is 0 Å². The summed E-state index contributed by atoms with van der Waals surface area (Å²) in [7, 11) is 0. The van der Waals surface area contributed by atoms with Gasteiger partial charge in [-0.25, -0.2) is 0 Å². The molecule has 86 valence electrons. The van der Waals surface area contributed by atoms with Crippen molar-refractivity contribution >= 4 is 11.6 Å². The van der Waals surface area contributed by atoms with Crippen molar-refractivity contribution in [3.8, 4) is 0 Å². The van der Waals surface area contributed by atoms with Crippen molar-refractivity contribution < 1.29 is 4.79 Å². The molecule has 0 aliphatic rings. The molecule has 0 saturated heterocycles. The highest BCUT2D eigenvalue weighted by atomic mass is 16.1. The van der Waals surface area contributed by atoms with Crippen LogP contribution < -0.4 is 10.6 Å². The second kappa shape index (κ2) is 5.35. The minimum Gasteiger partial charge on any atom is -0.380 e. The van der Waals surface area contributed by atoms with Crippen molar-refractivity contribution in [3.63, 3.8) is 0 Å². The van der Waals surface area contributed by atoms with Crippen molar-refractivity contribution in [2.24, 2.45) is 0 Å². The predicted molar refractivity (Wildman–Crippen MR) is 67.4 cm³/mol. The maximum Gasteiger partial charge on any atom is 0.243 e. The molecule has 1 rings (SSSR count). The number of benzene rings is 1. The molecule has 2 N–H and O–H groups in total. The van der Waals surface area contributed by atoms with Crippen LogP contribution in [0.1, 0.15) is 18.1 Å². The van der Waals surface area contributed by atoms with Gasteiger partial charge in [-0.1, -0.05) is 24.8 Å². The number of amides is 1. The van der Waals surface area contributed by atoms with Crippen LogP contribution in [0.15, 0.2) is 30.5 Å². The molecule has 0 heterocycles. The van der Waals surface area contributed by atoms with Gasteiger partial charge in [-0.05, 0) is 31.9 Å². The van der Waals surface area contributed by atoms with E-state index >= 15 is 0 Å². The lowest BCUT2D eigenvalue weighted by atomic mass is 10.1. The zero-order valence-corrected chi connectivity index (χ0v) is 10.1. The molecule has 0 spiro atoms. The summed E-state index contributed by atoms with van der Waals surface area (Å²) in [5.74, 6) is -0.0552. The Balaban J connectivity index is 2.66. The van der Waals surface area contributed by atoms with Gasteiger partial charge >= 0.3 is 0 Å². The number of nitrogens with one attached hydrogen (secondary N) is 2. The Morgan fingerprint density at radius 1 is 1.31 bits per heavy atom. The summed E-state index contributed by atoms with van der Waals surface area (Å²) in [6.07, 6.45) is 0. The third-order valence-corrected chi connectivity index (χ3v) is 2.30. The third kappa shape index (κ3) is 3.42. The van der Waals surface area contributed by atoms with E-state index in [1.807, 2.05) is 39.0 Å². The first-order chi connectivity index (χ1) is 7.50. The molecule has 3 nitrogen and oxygen atoms in total. The van der Waals surface area contributed by atoms with E-state index in [2.05, 4.69) is 17.2 Å². The largest absolute Gasteiger partial charge is 0.380 e. The molecule has 0 aliphatic carbocycles. The number of aryl methyl sites for hydroxylation is 2. The van der Waals surface area contributed by atoms with Crippen LogP contribution in [0.2, 0.25) is 0 Å². The van der Waals surface area contributed by atoms with Crippen LogP contribution in [0.25, 0.3) is 0 Å². The van der Waals surface area contributed by atoms with Crippen LogP contribution in [0.3, 0.4) is 0 Å². The van der Waals surface area contributed by atoms with Crippen molar-refractivity contribution in [2.75, 3.05) is 11.9 Å². The second-order valence-electron chi connectivity index (χ2n) is 3.95. The van der Waals surface area contributed by atoms with Crippen molar-refractivity contribution in [1.82, 2.24) is 5.32 Å². The quantitative estimate of drug-likeness (QED) is 0.814. The normalized spacial score (nSPS) is 9.69. The van der Waals surface area contributed by atoms with Gasteiger partial charge in [0, 0.05) is 11.4 Å². The van der Waals surface area contributed by atoms with Crippen molar-refractivity contribution in [1.29, 1.82) is 0 Å². The Bertz CT molecular complexity index is 390. The molecule has 0 aromatic heterocycles. The Labute approximate surface area is 96.6 Å². The molecule has 1 amide bonds. The predicted octanol–water partition coefficient (Wildman–Crippen LogP) is 2.37. The topological polar surface area (TPSA) is 41.1 Å². The fraction of sp³-hybridized carbons (Fsp3) is 0.308. The van der Waals surface area contributed by atoms with Crippen LogP contribution in [0.4, 0.5) is 5.69 Å². The Hall–Kier alpha value is -1.77. The summed E-state index contributed by atoms with van der Waals surface area (Å²) in [5.41, 5.74) is 3.83. The fourth-order valence-corrected chi connectivity index (χ4v) is 1.43. The molecule has 0 radical (unpaired) electrons. The Morgan fingerprint density at radius 2 is 1.88 bits per heavy atom. The smallest absolute Gasteiger partial charge is 0.243 e. The maximum absolute atomic E-state index is 11.6. The van der Waals surface area contributed by atoms with E-state index in [9.17, 15) is 4.79 Å². The number of rotatable bonds is 4. The van der Waals surface area contributed by atoms with E-state index in [1.54, 1.807) is 0 Å². The van der Waals surface area contributed by atoms with Gasteiger partial charge in [-0.2, -0.15) is 0 Å². The van der Waals surface area contributed by atoms with Crippen LogP contribution in [-0.2, 0) is 4.79 Å². The van der Waals surface area contributed by atoms with Crippen molar-refractivity contribution in [3.05, 3.63) is 41.6 Å². The summed E-state index contributed by atoms with van der Waals surface area (Å²) in [4.78, 5) is 11.6. The molecule has 1 aromatic rings. The molecule has 0 atom stereocenters. The standard InChI is InChI=1S/C13H18N2O/c1-9(2)14-8-12(16)15-13-10(3)6-5-7-11(13)4/h5-7,14H,1,8H2,2-4H3,(H,15,16). The molecule has 0 saturated carbocycles. The number of carbonyl (C=O) groups is 1. The van der Waals surface area contributed by atoms with E-state index < -0.39 is 0 Å². The average molecular weight is 218 g/mol. The summed E-state index contributed by atoms with van der Waals surface area (Å²) in [6.45, 7) is 9.72. The first-order valence-electron chi connectivity index (χ1n) is 5.26. The van der Waals surface area contributed by atoms with Gasteiger partial charge in [0.05, 0.1) is 6.54 Å². The summed E-state index contributed by atoms with van der Waals surface area (Å²) >= 11 is 0. The number of hydrogen-bond donors (Lipinski definition) is 2. The molecule has 0 unspecified atom stereocenters. The van der Waals surface area contributed by atoms with Gasteiger partial charge in [-0.15, -0.1) is 0 Å². The number of anilines is 1. The Morgan fingerprint density at radius 3 is 2.38 bits per heavy atom. The van der Waals surface area contributed by atoms with E-state index in [4.69, 9.17) is 0 Å². The lowest BCUT2D eigenvalue weighted by Gasteiger charge is -2.12. The highest BCUT2D eigenvalue weighted by Gasteiger charge is 2.06. The first-order valence-corrected chi connectivity index (χ1v) is 5.26. The van der Waals surface area contributed by atoms with Crippen LogP contribution in [0, 0.1) is 13.8 Å². The Kier molecular flexibility index (Phi) is 4.11. The average Bonchev–Trinajstić information content (AvgIpc) is 2.21. The van der Waals surface area contributed by atoms with Crippen LogP contribution >= 0.6 is 0 Å². The molecule has 3 heteroatoms. The van der Waals surface area contributed by atoms with Gasteiger partial charge < -0.3 is 10.6 Å². The van der Waals surface area contributed by atoms with E-state index in [0.29, 0.717) is 0 Å². The lowest BCUT2D eigenvalue weighted by molar-refractivity contribution is -0.115. The molecular formula is C13H18N2O. The van der Waals surface area contributed by atoms with Gasteiger partial charge in [0.25, 0.3) is 0 Å². The monoisotopic (exact) mass is 218 g/mol. The molecular weight excluding hydrogens is 200 g/mol. The molecule has 1 aromatic carbocycles. The number of para-hydroxylation sites is 1. The summed E-state index contributed by atoms with van der Waals surface area (Å²) in [5, 5.41) is 5.79. The highest BCUT2D eigenvalue weighted by molar-refractivity contribution is 5.93. The number of allylic oxidation sites excluding steroid dienone is 1. The van der Waals surface area contributed by atoms with E-state index in [1.165, 1.54) is 0 Å². The number of carbonyl (C=O) groups excluding carboxylic acids is 1. The zero-order chi connectivity index (χ0) is 12.1. The van der Waals surface area contributed by atoms with E-state index in [0.717, 1.165) is 22.5 Å². The molecule has 0 aliphatic heterocycles. The minimum absolute atomic E-state index is 0.0552. The summed E-state index contributed by atoms with van der Waals surface area (Å²) < 4.78 is 0. The highest BCUT2D eigenvalue weighted by Crippen LogP contribution is 2.18. The van der Waals surface area contributed by atoms with Gasteiger partial charge in [0.1, 0.15) is 0 Å². The summed E-state index contributed by atoms with van der Waals surface area (Å²) in [6, 6.07) is 5.94. The van der Waals surface area contributed by atoms with Crippen LogP contribution in [0.5, 0.6) is 0 Å². The maximum atomic E-state index is 11.6. The fourth-order valence-electron chi connectivity index (χ4n) is 1.43. The van der Waals surface area contributed by atoms with Crippen LogP contribution in [-0.4, -0.2) is 12.5 Å². The molecule has 0 fully saturated rings. The van der Waals surface area contributed by atoms with E-state index in [-0.39, 0.29) is 12.5 Å². The third-order valence-electron chi connectivity index (χ3n) is 2.30. The SMILES string of the molecule is C=C(C)NCC(=O)Nc1c(C)cccc1C.